The third kappa shape index (κ3) is 2.17. The number of nitrogens with one attached hydrogen (secondary N) is 1. The van der Waals surface area contributed by atoms with Crippen molar-refractivity contribution in [2.75, 3.05) is 0 Å². The molecular weight excluding hydrogens is 232 g/mol. The van der Waals surface area contributed by atoms with Gasteiger partial charge in [-0.25, -0.2) is 0 Å². The van der Waals surface area contributed by atoms with Crippen LogP contribution in [-0.4, -0.2) is 4.98 Å². The fraction of sp³-hybridized carbons (Fsp3) is 0.118. The number of pyridine rings is 1. The summed E-state index contributed by atoms with van der Waals surface area (Å²) in [5.74, 6) is 0. The first-order valence-electron chi connectivity index (χ1n) is 6.45. The molecule has 0 radical (unpaired) electrons. The standard InChI is InChI=1S/C17H16N2/c1-13-6-5-7-15(19(13)2)11-10-14-12-18-17-9-4-3-8-16(14)17/h3-12H,1-2H3/p+1. The highest BCUT2D eigenvalue weighted by Crippen LogP contribution is 2.19. The van der Waals surface area contributed by atoms with Gasteiger partial charge >= 0.3 is 0 Å². The summed E-state index contributed by atoms with van der Waals surface area (Å²) in [5.41, 5.74) is 4.85. The molecular formula is C17H17N2+. The van der Waals surface area contributed by atoms with E-state index in [1.807, 2.05) is 6.07 Å². The summed E-state index contributed by atoms with van der Waals surface area (Å²) in [4.78, 5) is 3.29. The normalized spacial score (nSPS) is 11.5. The van der Waals surface area contributed by atoms with Crippen molar-refractivity contribution in [3.05, 3.63) is 65.6 Å². The van der Waals surface area contributed by atoms with Crippen LogP contribution in [0.15, 0.2) is 48.7 Å². The van der Waals surface area contributed by atoms with Gasteiger partial charge in [-0.3, -0.25) is 0 Å². The van der Waals surface area contributed by atoms with Crippen molar-refractivity contribution in [3.63, 3.8) is 0 Å². The predicted octanol–water partition coefficient (Wildman–Crippen LogP) is 3.47. The van der Waals surface area contributed by atoms with Crippen LogP contribution in [0.25, 0.3) is 23.1 Å². The Morgan fingerprint density at radius 3 is 2.74 bits per heavy atom. The number of nitrogens with zero attached hydrogens (tertiary/aromatic N) is 1. The zero-order valence-electron chi connectivity index (χ0n) is 11.2. The predicted molar refractivity (Wildman–Crippen MR) is 79.6 cm³/mol. The second-order valence-corrected chi connectivity index (χ2v) is 4.77. The number of aromatic amines is 1. The van der Waals surface area contributed by atoms with Gasteiger partial charge in [0.25, 0.3) is 0 Å². The lowest BCUT2D eigenvalue weighted by molar-refractivity contribution is -0.679. The molecule has 2 aromatic heterocycles. The average molecular weight is 249 g/mol. The minimum absolute atomic E-state index is 1.18. The molecule has 94 valence electrons. The van der Waals surface area contributed by atoms with E-state index in [2.05, 4.69) is 78.3 Å². The average Bonchev–Trinajstić information content (AvgIpc) is 2.84. The number of hydrogen-bond donors (Lipinski definition) is 1. The Hall–Kier alpha value is -2.35. The van der Waals surface area contributed by atoms with Crippen LogP contribution in [0.1, 0.15) is 17.0 Å². The van der Waals surface area contributed by atoms with Gasteiger partial charge in [0.1, 0.15) is 7.05 Å². The zero-order chi connectivity index (χ0) is 13.2. The van der Waals surface area contributed by atoms with Crippen LogP contribution in [0.2, 0.25) is 0 Å². The summed E-state index contributed by atoms with van der Waals surface area (Å²) in [6.07, 6.45) is 6.37. The Bertz CT molecular complexity index is 751. The third-order valence-electron chi connectivity index (χ3n) is 3.58. The molecule has 0 saturated heterocycles. The largest absolute Gasteiger partial charge is 0.361 e. The maximum Gasteiger partial charge on any atom is 0.205 e. The molecule has 3 aromatic rings. The van der Waals surface area contributed by atoms with Gasteiger partial charge in [-0.05, 0) is 23.8 Å². The fourth-order valence-electron chi connectivity index (χ4n) is 2.29. The molecule has 19 heavy (non-hydrogen) atoms. The zero-order valence-corrected chi connectivity index (χ0v) is 11.2. The summed E-state index contributed by atoms with van der Waals surface area (Å²) in [5, 5.41) is 1.26. The maximum absolute atomic E-state index is 3.29. The quantitative estimate of drug-likeness (QED) is 0.671. The van der Waals surface area contributed by atoms with Crippen molar-refractivity contribution in [2.45, 2.75) is 6.92 Å². The van der Waals surface area contributed by atoms with Gasteiger partial charge in [0.05, 0.1) is 0 Å². The van der Waals surface area contributed by atoms with E-state index in [-0.39, 0.29) is 0 Å². The number of benzene rings is 1. The summed E-state index contributed by atoms with van der Waals surface area (Å²) in [6.45, 7) is 2.11. The molecule has 0 spiro atoms. The van der Waals surface area contributed by atoms with Gasteiger partial charge in [0.2, 0.25) is 5.69 Å². The molecule has 1 N–H and O–H groups in total. The van der Waals surface area contributed by atoms with E-state index >= 15 is 0 Å². The Kier molecular flexibility index (Phi) is 2.92. The molecule has 3 rings (SSSR count). The van der Waals surface area contributed by atoms with E-state index in [0.29, 0.717) is 0 Å². The van der Waals surface area contributed by atoms with E-state index in [1.54, 1.807) is 0 Å². The maximum atomic E-state index is 3.29. The van der Waals surface area contributed by atoms with Crippen molar-refractivity contribution in [3.8, 4) is 0 Å². The Morgan fingerprint density at radius 1 is 1.00 bits per heavy atom. The number of H-pyrrole nitrogens is 1. The fourth-order valence-corrected chi connectivity index (χ4v) is 2.29. The summed E-state index contributed by atoms with van der Waals surface area (Å²) >= 11 is 0. The molecule has 2 nitrogen and oxygen atoms in total. The summed E-state index contributed by atoms with van der Waals surface area (Å²) in [7, 11) is 2.09. The second kappa shape index (κ2) is 4.73. The molecule has 1 aromatic carbocycles. The van der Waals surface area contributed by atoms with Crippen LogP contribution in [0, 0.1) is 6.92 Å². The minimum atomic E-state index is 1.18. The molecule has 2 heteroatoms. The first-order valence-corrected chi connectivity index (χ1v) is 6.45. The van der Waals surface area contributed by atoms with Gasteiger partial charge in [-0.2, -0.15) is 4.57 Å². The first-order chi connectivity index (χ1) is 9.25. The van der Waals surface area contributed by atoms with Gasteiger partial charge in [-0.1, -0.05) is 18.2 Å². The molecule has 0 aliphatic rings. The lowest BCUT2D eigenvalue weighted by Crippen LogP contribution is -2.34. The smallest absolute Gasteiger partial charge is 0.205 e. The number of hydrogen-bond acceptors (Lipinski definition) is 0. The molecule has 0 bridgehead atoms. The van der Waals surface area contributed by atoms with Crippen molar-refractivity contribution >= 4 is 23.1 Å². The molecule has 0 fully saturated rings. The van der Waals surface area contributed by atoms with Crippen molar-refractivity contribution in [2.24, 2.45) is 7.05 Å². The van der Waals surface area contributed by atoms with Crippen molar-refractivity contribution in [1.29, 1.82) is 0 Å². The number of fused-ring (bicyclic) bond motifs is 1. The third-order valence-corrected chi connectivity index (χ3v) is 3.58. The van der Waals surface area contributed by atoms with E-state index < -0.39 is 0 Å². The van der Waals surface area contributed by atoms with Gasteiger partial charge in [0.15, 0.2) is 5.69 Å². The Labute approximate surface area is 113 Å². The van der Waals surface area contributed by atoms with Crippen molar-refractivity contribution in [1.82, 2.24) is 4.98 Å². The van der Waals surface area contributed by atoms with Gasteiger partial charge < -0.3 is 4.98 Å². The summed E-state index contributed by atoms with van der Waals surface area (Å²) in [6, 6.07) is 14.7. The topological polar surface area (TPSA) is 19.7 Å². The number of aryl methyl sites for hydroxylation is 1. The highest BCUT2D eigenvalue weighted by atomic mass is 14.9. The Balaban J connectivity index is 2.01. The van der Waals surface area contributed by atoms with Crippen LogP contribution in [0.4, 0.5) is 0 Å². The molecule has 2 heterocycles. The lowest BCUT2D eigenvalue weighted by atomic mass is 10.1. The van der Waals surface area contributed by atoms with E-state index in [9.17, 15) is 0 Å². The van der Waals surface area contributed by atoms with E-state index in [1.165, 1.54) is 27.9 Å². The molecule has 0 aliphatic carbocycles. The summed E-state index contributed by atoms with van der Waals surface area (Å²) < 4.78 is 2.19. The van der Waals surface area contributed by atoms with Gasteiger partial charge in [-0.15, -0.1) is 0 Å². The molecule has 0 aliphatic heterocycles. The van der Waals surface area contributed by atoms with Crippen molar-refractivity contribution < 1.29 is 4.57 Å². The highest BCUT2D eigenvalue weighted by Gasteiger charge is 2.05. The highest BCUT2D eigenvalue weighted by molar-refractivity contribution is 5.91. The minimum Gasteiger partial charge on any atom is -0.361 e. The SMILES string of the molecule is Cc1cccc(/C=C/c2c[nH]c3ccccc23)[n+]1C. The Morgan fingerprint density at radius 2 is 1.84 bits per heavy atom. The van der Waals surface area contributed by atoms with Crippen LogP contribution in [0.5, 0.6) is 0 Å². The van der Waals surface area contributed by atoms with Crippen LogP contribution in [0.3, 0.4) is 0 Å². The number of aromatic nitrogens is 2. The lowest BCUT2D eigenvalue weighted by Gasteiger charge is -1.97. The second-order valence-electron chi connectivity index (χ2n) is 4.77. The first kappa shape index (κ1) is 11.7. The van der Waals surface area contributed by atoms with Gasteiger partial charge in [0, 0.05) is 42.2 Å². The van der Waals surface area contributed by atoms with Crippen LogP contribution >= 0.6 is 0 Å². The number of para-hydroxylation sites is 1. The van der Waals surface area contributed by atoms with Crippen LogP contribution < -0.4 is 4.57 Å². The molecule has 0 unspecified atom stereocenters. The molecule has 0 atom stereocenters. The van der Waals surface area contributed by atoms with E-state index in [0.717, 1.165) is 0 Å². The molecule has 0 saturated carbocycles. The monoisotopic (exact) mass is 249 g/mol. The number of rotatable bonds is 2. The molecule has 0 amide bonds. The van der Waals surface area contributed by atoms with E-state index in [4.69, 9.17) is 0 Å². The van der Waals surface area contributed by atoms with Crippen LogP contribution in [-0.2, 0) is 7.05 Å².